The first-order valence-corrected chi connectivity index (χ1v) is 9.00. The average Bonchev–Trinajstić information content (AvgIpc) is 2.70. The summed E-state index contributed by atoms with van der Waals surface area (Å²) in [6, 6.07) is 22.4. The lowest BCUT2D eigenvalue weighted by atomic mass is 10.0. The van der Waals surface area contributed by atoms with E-state index in [4.69, 9.17) is 17.0 Å². The molecule has 28 heavy (non-hydrogen) atoms. The fourth-order valence-electron chi connectivity index (χ4n) is 2.78. The Morgan fingerprint density at radius 2 is 1.68 bits per heavy atom. The number of nitrogens with zero attached hydrogens (tertiary/aromatic N) is 1. The van der Waals surface area contributed by atoms with E-state index in [0.29, 0.717) is 16.5 Å². The largest absolute Gasteiger partial charge is 0.494 e. The van der Waals surface area contributed by atoms with Gasteiger partial charge in [0, 0.05) is 11.8 Å². The summed E-state index contributed by atoms with van der Waals surface area (Å²) < 4.78 is 5.24. The van der Waals surface area contributed by atoms with Gasteiger partial charge in [-0.2, -0.15) is 0 Å². The Morgan fingerprint density at radius 3 is 2.39 bits per heavy atom. The minimum absolute atomic E-state index is 0.0468. The first kappa shape index (κ1) is 19.3. The molecule has 0 fully saturated rings. The summed E-state index contributed by atoms with van der Waals surface area (Å²) in [7, 11) is 1.45. The van der Waals surface area contributed by atoms with Crippen LogP contribution >= 0.6 is 12.2 Å². The molecule has 0 bridgehead atoms. The molecular formula is C21H19N3O3S. The molecule has 0 aliphatic carbocycles. The van der Waals surface area contributed by atoms with Gasteiger partial charge in [0.15, 0.2) is 5.11 Å². The highest BCUT2D eigenvalue weighted by Gasteiger charge is 2.13. The van der Waals surface area contributed by atoms with Crippen LogP contribution in [-0.4, -0.2) is 17.1 Å². The summed E-state index contributed by atoms with van der Waals surface area (Å²) in [5.74, 6) is 0.343. The maximum atomic E-state index is 10.9. The van der Waals surface area contributed by atoms with E-state index >= 15 is 0 Å². The lowest BCUT2D eigenvalue weighted by Gasteiger charge is -2.16. The minimum atomic E-state index is -0.470. The van der Waals surface area contributed by atoms with Crippen molar-refractivity contribution in [2.24, 2.45) is 0 Å². The van der Waals surface area contributed by atoms with Crippen LogP contribution in [0.4, 0.5) is 17.1 Å². The fourth-order valence-corrected chi connectivity index (χ4v) is 3.00. The van der Waals surface area contributed by atoms with Crippen LogP contribution in [0.3, 0.4) is 0 Å². The van der Waals surface area contributed by atoms with Gasteiger partial charge >= 0.3 is 0 Å². The second-order valence-corrected chi connectivity index (χ2v) is 6.45. The van der Waals surface area contributed by atoms with Crippen molar-refractivity contribution in [1.82, 2.24) is 0 Å². The first-order valence-electron chi connectivity index (χ1n) is 8.59. The molecule has 3 aromatic carbocycles. The van der Waals surface area contributed by atoms with E-state index in [-0.39, 0.29) is 5.69 Å². The summed E-state index contributed by atoms with van der Waals surface area (Å²) in [6.07, 6.45) is 0.771. The number of non-ortho nitro benzene ring substituents is 1. The molecule has 0 aliphatic heterocycles. The number of nitro groups is 1. The smallest absolute Gasteiger partial charge is 0.273 e. The monoisotopic (exact) mass is 393 g/mol. The minimum Gasteiger partial charge on any atom is -0.494 e. The van der Waals surface area contributed by atoms with Gasteiger partial charge in [0.2, 0.25) is 0 Å². The molecule has 0 saturated heterocycles. The fraction of sp³-hybridized carbons (Fsp3) is 0.0952. The SMILES string of the molecule is COc1cc([N+](=O)[O-])ccc1NC(=S)Nc1ccccc1Cc1ccccc1. The zero-order valence-electron chi connectivity index (χ0n) is 15.2. The third-order valence-corrected chi connectivity index (χ3v) is 4.35. The van der Waals surface area contributed by atoms with Gasteiger partial charge in [-0.05, 0) is 41.9 Å². The van der Waals surface area contributed by atoms with E-state index in [1.807, 2.05) is 42.5 Å². The van der Waals surface area contributed by atoms with Gasteiger partial charge in [-0.25, -0.2) is 0 Å². The molecule has 6 nitrogen and oxygen atoms in total. The number of hydrogen-bond acceptors (Lipinski definition) is 4. The Kier molecular flexibility index (Phi) is 6.18. The standard InChI is InChI=1S/C21H19N3O3S/c1-27-20-14-17(24(25)26)11-12-19(20)23-21(28)22-18-10-6-5-9-16(18)13-15-7-3-2-4-8-15/h2-12,14H,13H2,1H3,(H2,22,23,28). The third-order valence-electron chi connectivity index (χ3n) is 4.15. The lowest BCUT2D eigenvalue weighted by molar-refractivity contribution is -0.384. The van der Waals surface area contributed by atoms with E-state index in [1.54, 1.807) is 6.07 Å². The van der Waals surface area contributed by atoms with Crippen molar-refractivity contribution >= 4 is 34.4 Å². The summed E-state index contributed by atoms with van der Waals surface area (Å²) >= 11 is 5.42. The molecule has 0 heterocycles. The van der Waals surface area contributed by atoms with Gasteiger partial charge in [0.1, 0.15) is 5.75 Å². The summed E-state index contributed by atoms with van der Waals surface area (Å²) in [6.45, 7) is 0. The van der Waals surface area contributed by atoms with Crippen LogP contribution in [0.25, 0.3) is 0 Å². The van der Waals surface area contributed by atoms with Crippen LogP contribution in [0.2, 0.25) is 0 Å². The predicted octanol–water partition coefficient (Wildman–Crippen LogP) is 5.00. The molecule has 3 rings (SSSR count). The van der Waals surface area contributed by atoms with Crippen LogP contribution in [-0.2, 0) is 6.42 Å². The molecular weight excluding hydrogens is 374 g/mol. The molecule has 0 aromatic heterocycles. The van der Waals surface area contributed by atoms with Gasteiger partial charge in [0.05, 0.1) is 23.8 Å². The first-order chi connectivity index (χ1) is 13.6. The molecule has 3 aromatic rings. The summed E-state index contributed by atoms with van der Waals surface area (Å²) in [5, 5.41) is 17.5. The molecule has 142 valence electrons. The number of para-hydroxylation sites is 1. The number of methoxy groups -OCH3 is 1. The normalized spacial score (nSPS) is 10.2. The van der Waals surface area contributed by atoms with Crippen LogP contribution < -0.4 is 15.4 Å². The molecule has 2 N–H and O–H groups in total. The molecule has 7 heteroatoms. The number of anilines is 2. The topological polar surface area (TPSA) is 76.4 Å². The number of rotatable bonds is 6. The van der Waals surface area contributed by atoms with Gasteiger partial charge in [0.25, 0.3) is 5.69 Å². The zero-order chi connectivity index (χ0) is 19.9. The number of benzene rings is 3. The summed E-state index contributed by atoms with van der Waals surface area (Å²) in [4.78, 5) is 10.5. The zero-order valence-corrected chi connectivity index (χ0v) is 16.0. The molecule has 0 amide bonds. The van der Waals surface area contributed by atoms with Gasteiger partial charge in [-0.1, -0.05) is 48.5 Å². The van der Waals surface area contributed by atoms with Crippen molar-refractivity contribution in [3.63, 3.8) is 0 Å². The quantitative estimate of drug-likeness (QED) is 0.349. The highest BCUT2D eigenvalue weighted by Crippen LogP contribution is 2.29. The van der Waals surface area contributed by atoms with Crippen molar-refractivity contribution in [2.75, 3.05) is 17.7 Å². The van der Waals surface area contributed by atoms with Crippen LogP contribution in [0.1, 0.15) is 11.1 Å². The Balaban J connectivity index is 1.75. The van der Waals surface area contributed by atoms with E-state index in [1.165, 1.54) is 24.8 Å². The highest BCUT2D eigenvalue weighted by atomic mass is 32.1. The molecule has 0 radical (unpaired) electrons. The number of hydrogen-bond donors (Lipinski definition) is 2. The second kappa shape index (κ2) is 8.96. The molecule has 0 spiro atoms. The molecule has 0 atom stereocenters. The Bertz CT molecular complexity index is 993. The summed E-state index contributed by atoms with van der Waals surface area (Å²) in [5.41, 5.74) is 3.70. The second-order valence-electron chi connectivity index (χ2n) is 6.04. The number of ether oxygens (including phenoxy) is 1. The molecule has 0 aliphatic rings. The predicted molar refractivity (Wildman–Crippen MR) is 115 cm³/mol. The molecule has 0 unspecified atom stereocenters. The maximum absolute atomic E-state index is 10.9. The van der Waals surface area contributed by atoms with Crippen molar-refractivity contribution < 1.29 is 9.66 Å². The number of nitrogens with one attached hydrogen (secondary N) is 2. The Hall–Kier alpha value is -3.45. The lowest BCUT2D eigenvalue weighted by Crippen LogP contribution is -2.20. The number of thiocarbonyl (C=S) groups is 1. The average molecular weight is 393 g/mol. The van der Waals surface area contributed by atoms with Crippen molar-refractivity contribution in [1.29, 1.82) is 0 Å². The third kappa shape index (κ3) is 4.83. The Morgan fingerprint density at radius 1 is 1.00 bits per heavy atom. The van der Waals surface area contributed by atoms with Crippen LogP contribution in [0.5, 0.6) is 5.75 Å². The van der Waals surface area contributed by atoms with Crippen molar-refractivity contribution in [2.45, 2.75) is 6.42 Å². The van der Waals surface area contributed by atoms with Gasteiger partial charge in [-0.3, -0.25) is 10.1 Å². The van der Waals surface area contributed by atoms with E-state index < -0.39 is 4.92 Å². The van der Waals surface area contributed by atoms with E-state index in [0.717, 1.165) is 17.7 Å². The Labute approximate surface area is 168 Å². The van der Waals surface area contributed by atoms with Gasteiger partial charge < -0.3 is 15.4 Å². The maximum Gasteiger partial charge on any atom is 0.273 e. The van der Waals surface area contributed by atoms with Crippen LogP contribution in [0, 0.1) is 10.1 Å². The number of nitro benzene ring substituents is 1. The molecule has 0 saturated carbocycles. The van der Waals surface area contributed by atoms with Crippen molar-refractivity contribution in [3.8, 4) is 5.75 Å². The van der Waals surface area contributed by atoms with Gasteiger partial charge in [-0.15, -0.1) is 0 Å². The highest BCUT2D eigenvalue weighted by molar-refractivity contribution is 7.80. The van der Waals surface area contributed by atoms with E-state index in [9.17, 15) is 10.1 Å². The van der Waals surface area contributed by atoms with Crippen molar-refractivity contribution in [3.05, 3.63) is 94.0 Å². The van der Waals surface area contributed by atoms with E-state index in [2.05, 4.69) is 22.8 Å². The van der Waals surface area contributed by atoms with Crippen LogP contribution in [0.15, 0.2) is 72.8 Å².